The maximum absolute atomic E-state index is 12.3. The van der Waals surface area contributed by atoms with Crippen LogP contribution in [0.4, 0.5) is 4.79 Å². The van der Waals surface area contributed by atoms with Gasteiger partial charge in [0.15, 0.2) is 6.29 Å². The van der Waals surface area contributed by atoms with Crippen molar-refractivity contribution >= 4 is 24.0 Å². The molecular formula is C19H25ClN2O4. The number of hydrogen-bond donors (Lipinski definition) is 0. The summed E-state index contributed by atoms with van der Waals surface area (Å²) in [5.41, 5.74) is -0.0702. The molecule has 1 aromatic carbocycles. The monoisotopic (exact) mass is 380 g/mol. The fourth-order valence-electron chi connectivity index (χ4n) is 3.40. The summed E-state index contributed by atoms with van der Waals surface area (Å²) in [4.78, 5) is 27.1. The SMILES string of the molecule is CC(C)(C)OC(=O)N1CCC12CN(CCOc1ccc(C=O)c(Cl)c1)C2. The van der Waals surface area contributed by atoms with E-state index >= 15 is 0 Å². The highest BCUT2D eigenvalue weighted by atomic mass is 35.5. The lowest BCUT2D eigenvalue weighted by molar-refractivity contribution is -0.120. The van der Waals surface area contributed by atoms with Gasteiger partial charge >= 0.3 is 6.09 Å². The third-order valence-electron chi connectivity index (χ3n) is 4.80. The van der Waals surface area contributed by atoms with Crippen molar-refractivity contribution in [3.05, 3.63) is 28.8 Å². The molecule has 2 saturated heterocycles. The number of nitrogens with zero attached hydrogens (tertiary/aromatic N) is 2. The first-order valence-corrected chi connectivity index (χ1v) is 9.21. The molecular weight excluding hydrogens is 356 g/mol. The Kier molecular flexibility index (Phi) is 5.17. The summed E-state index contributed by atoms with van der Waals surface area (Å²) in [5.74, 6) is 0.648. The van der Waals surface area contributed by atoms with E-state index in [1.54, 1.807) is 18.2 Å². The topological polar surface area (TPSA) is 59.1 Å². The Labute approximate surface area is 159 Å². The Morgan fingerprint density at radius 1 is 1.35 bits per heavy atom. The van der Waals surface area contributed by atoms with Crippen LogP contribution in [0.25, 0.3) is 0 Å². The average molecular weight is 381 g/mol. The second-order valence-electron chi connectivity index (χ2n) is 7.97. The van der Waals surface area contributed by atoms with Crippen molar-refractivity contribution in [1.82, 2.24) is 9.80 Å². The molecule has 0 radical (unpaired) electrons. The fraction of sp³-hybridized carbons (Fsp3) is 0.579. The summed E-state index contributed by atoms with van der Waals surface area (Å²) in [7, 11) is 0. The molecule has 0 atom stereocenters. The van der Waals surface area contributed by atoms with Gasteiger partial charge in [-0.3, -0.25) is 14.6 Å². The number of halogens is 1. The van der Waals surface area contributed by atoms with E-state index in [1.807, 2.05) is 25.7 Å². The fourth-order valence-corrected chi connectivity index (χ4v) is 3.62. The first kappa shape index (κ1) is 19.0. The van der Waals surface area contributed by atoms with Gasteiger partial charge in [-0.1, -0.05) is 11.6 Å². The van der Waals surface area contributed by atoms with Crippen molar-refractivity contribution in [2.45, 2.75) is 38.3 Å². The normalized spacial score (nSPS) is 18.8. The first-order valence-electron chi connectivity index (χ1n) is 8.83. The van der Waals surface area contributed by atoms with E-state index in [1.165, 1.54) is 0 Å². The third-order valence-corrected chi connectivity index (χ3v) is 5.13. The van der Waals surface area contributed by atoms with Crippen molar-refractivity contribution < 1.29 is 19.1 Å². The first-order chi connectivity index (χ1) is 12.2. The van der Waals surface area contributed by atoms with Crippen molar-refractivity contribution in [2.24, 2.45) is 0 Å². The molecule has 6 nitrogen and oxygen atoms in total. The molecule has 0 bridgehead atoms. The Morgan fingerprint density at radius 3 is 2.62 bits per heavy atom. The highest BCUT2D eigenvalue weighted by Crippen LogP contribution is 2.39. The van der Waals surface area contributed by atoms with Crippen LogP contribution in [0.2, 0.25) is 5.02 Å². The lowest BCUT2D eigenvalue weighted by Gasteiger charge is -2.62. The second-order valence-corrected chi connectivity index (χ2v) is 8.37. The van der Waals surface area contributed by atoms with Gasteiger partial charge in [-0.25, -0.2) is 4.79 Å². The van der Waals surface area contributed by atoms with Crippen molar-refractivity contribution in [3.8, 4) is 5.75 Å². The van der Waals surface area contributed by atoms with E-state index in [0.29, 0.717) is 22.9 Å². The molecule has 2 aliphatic rings. The summed E-state index contributed by atoms with van der Waals surface area (Å²) in [5, 5.41) is 0.392. The predicted octanol–water partition coefficient (Wildman–Crippen LogP) is 3.23. The molecule has 1 spiro atoms. The van der Waals surface area contributed by atoms with Crippen molar-refractivity contribution in [2.75, 3.05) is 32.8 Å². The molecule has 2 heterocycles. The zero-order chi connectivity index (χ0) is 18.9. The minimum atomic E-state index is -0.466. The number of carbonyl (C=O) groups is 2. The Bertz CT molecular complexity index is 695. The number of amides is 1. The van der Waals surface area contributed by atoms with Crippen LogP contribution in [0.5, 0.6) is 5.75 Å². The van der Waals surface area contributed by atoms with E-state index < -0.39 is 5.60 Å². The molecule has 0 unspecified atom stereocenters. The molecule has 142 valence electrons. The lowest BCUT2D eigenvalue weighted by atomic mass is 9.78. The average Bonchev–Trinajstić information content (AvgIpc) is 2.46. The molecule has 0 aliphatic carbocycles. The Morgan fingerprint density at radius 2 is 2.08 bits per heavy atom. The maximum Gasteiger partial charge on any atom is 0.410 e. The molecule has 26 heavy (non-hydrogen) atoms. The number of likely N-dealkylation sites (tertiary alicyclic amines) is 2. The maximum atomic E-state index is 12.3. The number of ether oxygens (including phenoxy) is 2. The molecule has 0 N–H and O–H groups in total. The zero-order valence-electron chi connectivity index (χ0n) is 15.5. The number of carbonyl (C=O) groups excluding carboxylic acids is 2. The number of hydrogen-bond acceptors (Lipinski definition) is 5. The highest BCUT2D eigenvalue weighted by Gasteiger charge is 2.56. The second kappa shape index (κ2) is 7.08. The summed E-state index contributed by atoms with van der Waals surface area (Å²) < 4.78 is 11.2. The molecule has 1 aromatic rings. The van der Waals surface area contributed by atoms with Crippen molar-refractivity contribution in [3.63, 3.8) is 0 Å². The molecule has 0 saturated carbocycles. The van der Waals surface area contributed by atoms with E-state index in [-0.39, 0.29) is 11.6 Å². The minimum Gasteiger partial charge on any atom is -0.492 e. The van der Waals surface area contributed by atoms with Crippen LogP contribution in [0.15, 0.2) is 18.2 Å². The van der Waals surface area contributed by atoms with Gasteiger partial charge < -0.3 is 9.47 Å². The van der Waals surface area contributed by atoms with Crippen LogP contribution in [-0.2, 0) is 4.74 Å². The van der Waals surface area contributed by atoms with E-state index in [0.717, 1.165) is 38.9 Å². The largest absolute Gasteiger partial charge is 0.492 e. The standard InChI is InChI=1S/C19H25ClN2O4/c1-18(2,3)26-17(24)22-7-6-19(22)12-21(13-19)8-9-25-15-5-4-14(11-23)16(20)10-15/h4-5,10-11H,6-9,12-13H2,1-3H3. The minimum absolute atomic E-state index is 0.0583. The van der Waals surface area contributed by atoms with Gasteiger partial charge in [0, 0.05) is 31.7 Å². The quantitative estimate of drug-likeness (QED) is 0.734. The molecule has 2 aliphatic heterocycles. The van der Waals surface area contributed by atoms with Crippen molar-refractivity contribution in [1.29, 1.82) is 0 Å². The summed E-state index contributed by atoms with van der Waals surface area (Å²) in [6.07, 6.45) is 1.53. The van der Waals surface area contributed by atoms with Gasteiger partial charge in [0.05, 0.1) is 10.6 Å². The van der Waals surface area contributed by atoms with Gasteiger partial charge in [0.2, 0.25) is 0 Å². The van der Waals surface area contributed by atoms with Gasteiger partial charge in [0.1, 0.15) is 18.0 Å². The summed E-state index contributed by atoms with van der Waals surface area (Å²) >= 11 is 5.99. The lowest BCUT2D eigenvalue weighted by Crippen LogP contribution is -2.78. The Hall–Kier alpha value is -1.79. The Balaban J connectivity index is 1.42. The van der Waals surface area contributed by atoms with Gasteiger partial charge in [-0.05, 0) is 45.4 Å². The number of aldehydes is 1. The molecule has 2 fully saturated rings. The molecule has 0 aromatic heterocycles. The van der Waals surface area contributed by atoms with Gasteiger partial charge in [-0.2, -0.15) is 0 Å². The van der Waals surface area contributed by atoms with Crippen LogP contribution >= 0.6 is 11.6 Å². The molecule has 3 rings (SSSR count). The number of rotatable bonds is 5. The van der Waals surface area contributed by atoms with Crippen LogP contribution in [0.1, 0.15) is 37.6 Å². The third kappa shape index (κ3) is 3.96. The van der Waals surface area contributed by atoms with Crippen LogP contribution < -0.4 is 4.74 Å². The zero-order valence-corrected chi connectivity index (χ0v) is 16.2. The molecule has 1 amide bonds. The van der Waals surface area contributed by atoms with Crippen LogP contribution in [0.3, 0.4) is 0 Å². The van der Waals surface area contributed by atoms with E-state index in [9.17, 15) is 9.59 Å². The summed E-state index contributed by atoms with van der Waals surface area (Å²) in [6, 6.07) is 5.04. The van der Waals surface area contributed by atoms with E-state index in [4.69, 9.17) is 21.1 Å². The smallest absolute Gasteiger partial charge is 0.410 e. The molecule has 7 heteroatoms. The predicted molar refractivity (Wildman–Crippen MR) is 99.1 cm³/mol. The van der Waals surface area contributed by atoms with Gasteiger partial charge in [0.25, 0.3) is 0 Å². The number of benzene rings is 1. The van der Waals surface area contributed by atoms with Crippen LogP contribution in [0, 0.1) is 0 Å². The van der Waals surface area contributed by atoms with Gasteiger partial charge in [-0.15, -0.1) is 0 Å². The van der Waals surface area contributed by atoms with E-state index in [2.05, 4.69) is 4.90 Å². The van der Waals surface area contributed by atoms with Crippen LogP contribution in [-0.4, -0.2) is 66.1 Å². The summed E-state index contributed by atoms with van der Waals surface area (Å²) in [6.45, 7) is 9.42. The highest BCUT2D eigenvalue weighted by molar-refractivity contribution is 6.33.